The van der Waals surface area contributed by atoms with Gasteiger partial charge in [0, 0.05) is 12.7 Å². The average molecular weight is 479 g/mol. The van der Waals surface area contributed by atoms with E-state index in [0.717, 1.165) is 23.1 Å². The van der Waals surface area contributed by atoms with Crippen LogP contribution in [-0.2, 0) is 17.6 Å². The number of rotatable bonds is 8. The summed E-state index contributed by atoms with van der Waals surface area (Å²) in [4.78, 5) is 30.8. The van der Waals surface area contributed by atoms with Gasteiger partial charge in [0.1, 0.15) is 28.6 Å². The summed E-state index contributed by atoms with van der Waals surface area (Å²) in [5.41, 5.74) is 2.81. The molecule has 0 aliphatic carbocycles. The number of amides is 1. The Hall–Kier alpha value is -4.70. The molecule has 0 aliphatic heterocycles. The third-order valence-corrected chi connectivity index (χ3v) is 5.79. The molecular formula is C29H26N4O3. The predicted octanol–water partition coefficient (Wildman–Crippen LogP) is 4.62. The van der Waals surface area contributed by atoms with Crippen LogP contribution in [0.1, 0.15) is 29.2 Å². The highest BCUT2D eigenvalue weighted by molar-refractivity contribution is 6.01. The van der Waals surface area contributed by atoms with E-state index in [0.29, 0.717) is 24.4 Å². The smallest absolute Gasteiger partial charge is 0.269 e. The Morgan fingerprint density at radius 3 is 2.53 bits per heavy atom. The molecule has 0 saturated heterocycles. The van der Waals surface area contributed by atoms with Crippen LogP contribution in [0.5, 0.6) is 11.6 Å². The molecule has 0 unspecified atom stereocenters. The van der Waals surface area contributed by atoms with Crippen LogP contribution in [0.25, 0.3) is 11.7 Å². The highest BCUT2D eigenvalue weighted by atomic mass is 16.5. The number of nitriles is 1. The molecule has 2 aromatic heterocycles. The number of nitrogens with one attached hydrogen (secondary N) is 1. The van der Waals surface area contributed by atoms with Crippen LogP contribution in [0.15, 0.2) is 83.3 Å². The Morgan fingerprint density at radius 1 is 1.08 bits per heavy atom. The molecule has 1 amide bonds. The van der Waals surface area contributed by atoms with Gasteiger partial charge in [0.2, 0.25) is 5.88 Å². The molecule has 0 aliphatic rings. The first-order valence-electron chi connectivity index (χ1n) is 11.7. The summed E-state index contributed by atoms with van der Waals surface area (Å²) >= 11 is 0. The average Bonchev–Trinajstić information content (AvgIpc) is 2.90. The second-order valence-corrected chi connectivity index (χ2v) is 8.28. The summed E-state index contributed by atoms with van der Waals surface area (Å²) in [6.45, 7) is 4.25. The Kier molecular flexibility index (Phi) is 7.57. The molecule has 2 aromatic carbocycles. The zero-order chi connectivity index (χ0) is 25.5. The minimum absolute atomic E-state index is 0.0208. The van der Waals surface area contributed by atoms with Crippen molar-refractivity contribution in [1.29, 1.82) is 5.26 Å². The van der Waals surface area contributed by atoms with Crippen molar-refractivity contribution in [2.75, 3.05) is 6.54 Å². The van der Waals surface area contributed by atoms with E-state index in [9.17, 15) is 14.9 Å². The molecule has 0 atom stereocenters. The van der Waals surface area contributed by atoms with Crippen molar-refractivity contribution >= 4 is 17.6 Å². The molecular weight excluding hydrogens is 452 g/mol. The summed E-state index contributed by atoms with van der Waals surface area (Å²) in [5, 5.41) is 12.5. The fraction of sp³-hybridized carbons (Fsp3) is 0.172. The van der Waals surface area contributed by atoms with Crippen molar-refractivity contribution in [2.45, 2.75) is 26.7 Å². The first-order valence-corrected chi connectivity index (χ1v) is 11.7. The van der Waals surface area contributed by atoms with E-state index >= 15 is 0 Å². The number of carbonyl (C=O) groups excluding carboxylic acids is 1. The van der Waals surface area contributed by atoms with Crippen LogP contribution in [-0.4, -0.2) is 21.8 Å². The normalized spacial score (nSPS) is 11.2. The standard InChI is InChI=1S/C29H26N4O3/c1-3-21-11-13-24(14-12-21)36-28-25(29(35)33-17-7-8-20(2)26(33)32-28)18-23(19-30)27(34)31-16-15-22-9-5-4-6-10-22/h4-14,17-18H,3,15-16H2,1-2H3,(H,31,34). The van der Waals surface area contributed by atoms with E-state index in [1.165, 1.54) is 10.5 Å². The lowest BCUT2D eigenvalue weighted by Crippen LogP contribution is -2.27. The zero-order valence-electron chi connectivity index (χ0n) is 20.2. The monoisotopic (exact) mass is 478 g/mol. The van der Waals surface area contributed by atoms with Crippen molar-refractivity contribution < 1.29 is 9.53 Å². The Balaban J connectivity index is 1.69. The van der Waals surface area contributed by atoms with Crippen LogP contribution < -0.4 is 15.6 Å². The van der Waals surface area contributed by atoms with Gasteiger partial charge in [0.25, 0.3) is 11.5 Å². The number of fused-ring (bicyclic) bond motifs is 1. The maximum Gasteiger partial charge on any atom is 0.269 e. The molecule has 0 spiro atoms. The molecule has 2 heterocycles. The van der Waals surface area contributed by atoms with Gasteiger partial charge in [-0.1, -0.05) is 55.5 Å². The third-order valence-electron chi connectivity index (χ3n) is 5.79. The minimum Gasteiger partial charge on any atom is -0.438 e. The number of pyridine rings is 1. The first-order chi connectivity index (χ1) is 17.5. The van der Waals surface area contributed by atoms with E-state index in [1.807, 2.05) is 61.5 Å². The second-order valence-electron chi connectivity index (χ2n) is 8.28. The quantitative estimate of drug-likeness (QED) is 0.294. The number of aryl methyl sites for hydroxylation is 2. The number of carbonyl (C=O) groups is 1. The lowest BCUT2D eigenvalue weighted by Gasteiger charge is -2.12. The van der Waals surface area contributed by atoms with Crippen molar-refractivity contribution in [3.05, 3.63) is 111 Å². The molecule has 4 rings (SSSR count). The van der Waals surface area contributed by atoms with Gasteiger partial charge in [-0.25, -0.2) is 0 Å². The number of benzene rings is 2. The Morgan fingerprint density at radius 2 is 1.83 bits per heavy atom. The summed E-state index contributed by atoms with van der Waals surface area (Å²) in [6.07, 6.45) is 4.35. The highest BCUT2D eigenvalue weighted by Gasteiger charge is 2.18. The summed E-state index contributed by atoms with van der Waals surface area (Å²) < 4.78 is 7.39. The van der Waals surface area contributed by atoms with E-state index < -0.39 is 11.5 Å². The van der Waals surface area contributed by atoms with Crippen LogP contribution in [0.2, 0.25) is 0 Å². The first kappa shape index (κ1) is 24.4. The second kappa shape index (κ2) is 11.2. The number of nitrogens with zero attached hydrogens (tertiary/aromatic N) is 3. The largest absolute Gasteiger partial charge is 0.438 e. The number of ether oxygens (including phenoxy) is 1. The minimum atomic E-state index is -0.569. The Labute approximate surface area is 209 Å². The highest BCUT2D eigenvalue weighted by Crippen LogP contribution is 2.25. The van der Waals surface area contributed by atoms with Crippen LogP contribution in [0.3, 0.4) is 0 Å². The molecule has 36 heavy (non-hydrogen) atoms. The maximum atomic E-state index is 13.4. The van der Waals surface area contributed by atoms with E-state index in [1.54, 1.807) is 24.4 Å². The van der Waals surface area contributed by atoms with Crippen molar-refractivity contribution in [3.8, 4) is 17.7 Å². The molecule has 0 saturated carbocycles. The van der Waals surface area contributed by atoms with Gasteiger partial charge in [-0.2, -0.15) is 10.2 Å². The van der Waals surface area contributed by atoms with Crippen molar-refractivity contribution in [2.24, 2.45) is 0 Å². The van der Waals surface area contributed by atoms with Gasteiger partial charge in [0.15, 0.2) is 0 Å². The van der Waals surface area contributed by atoms with Gasteiger partial charge >= 0.3 is 0 Å². The molecule has 1 N–H and O–H groups in total. The fourth-order valence-electron chi connectivity index (χ4n) is 3.75. The van der Waals surface area contributed by atoms with Gasteiger partial charge in [0.05, 0.1) is 0 Å². The molecule has 0 bridgehead atoms. The Bertz CT molecular complexity index is 1510. The number of hydrogen-bond acceptors (Lipinski definition) is 5. The molecule has 0 radical (unpaired) electrons. The molecule has 180 valence electrons. The van der Waals surface area contributed by atoms with Gasteiger partial charge in [-0.15, -0.1) is 0 Å². The number of hydrogen-bond donors (Lipinski definition) is 1. The molecule has 7 nitrogen and oxygen atoms in total. The lowest BCUT2D eigenvalue weighted by molar-refractivity contribution is -0.117. The van der Waals surface area contributed by atoms with Gasteiger partial charge in [-0.05, 0) is 60.7 Å². The summed E-state index contributed by atoms with van der Waals surface area (Å²) in [7, 11) is 0. The fourth-order valence-corrected chi connectivity index (χ4v) is 3.75. The number of aromatic nitrogens is 2. The zero-order valence-corrected chi connectivity index (χ0v) is 20.2. The van der Waals surface area contributed by atoms with E-state index in [2.05, 4.69) is 17.2 Å². The summed E-state index contributed by atoms with van der Waals surface area (Å²) in [5.74, 6) is -0.0405. The molecule has 7 heteroatoms. The predicted molar refractivity (Wildman–Crippen MR) is 139 cm³/mol. The van der Waals surface area contributed by atoms with Crippen LogP contribution >= 0.6 is 0 Å². The van der Waals surface area contributed by atoms with E-state index in [-0.39, 0.29) is 17.0 Å². The van der Waals surface area contributed by atoms with Crippen LogP contribution in [0, 0.1) is 18.3 Å². The SMILES string of the molecule is CCc1ccc(Oc2nc3c(C)cccn3c(=O)c2C=C(C#N)C(=O)NCCc2ccccc2)cc1. The summed E-state index contributed by atoms with van der Waals surface area (Å²) in [6, 6.07) is 22.7. The van der Waals surface area contributed by atoms with Crippen molar-refractivity contribution in [1.82, 2.24) is 14.7 Å². The topological polar surface area (TPSA) is 96.5 Å². The lowest BCUT2D eigenvalue weighted by atomic mass is 10.1. The molecule has 4 aromatic rings. The van der Waals surface area contributed by atoms with Crippen LogP contribution in [0.4, 0.5) is 0 Å². The van der Waals surface area contributed by atoms with E-state index in [4.69, 9.17) is 4.74 Å². The third kappa shape index (κ3) is 5.50. The molecule has 0 fully saturated rings. The van der Waals surface area contributed by atoms with Gasteiger partial charge in [-0.3, -0.25) is 14.0 Å². The maximum absolute atomic E-state index is 13.4. The van der Waals surface area contributed by atoms with Gasteiger partial charge < -0.3 is 10.1 Å². The van der Waals surface area contributed by atoms with Crippen molar-refractivity contribution in [3.63, 3.8) is 0 Å².